The van der Waals surface area contributed by atoms with Crippen LogP contribution in [-0.2, 0) is 4.79 Å². The van der Waals surface area contributed by atoms with E-state index in [2.05, 4.69) is 25.6 Å². The van der Waals surface area contributed by atoms with Gasteiger partial charge in [0.25, 0.3) is 0 Å². The zero-order valence-corrected chi connectivity index (χ0v) is 16.1. The molecule has 0 spiro atoms. The number of aromatic nitrogens is 3. The molecule has 1 amide bonds. The predicted molar refractivity (Wildman–Crippen MR) is 112 cm³/mol. The summed E-state index contributed by atoms with van der Waals surface area (Å²) in [6.07, 6.45) is 5.29. The molecule has 0 aliphatic heterocycles. The third kappa shape index (κ3) is 4.62. The molecule has 2 N–H and O–H groups in total. The average Bonchev–Trinajstić information content (AvgIpc) is 3.22. The Labute approximate surface area is 178 Å². The Morgan fingerprint density at radius 1 is 1.21 bits per heavy atom. The lowest BCUT2D eigenvalue weighted by atomic mass is 9.85. The van der Waals surface area contributed by atoms with Crippen molar-refractivity contribution in [3.05, 3.63) is 36.5 Å². The van der Waals surface area contributed by atoms with Gasteiger partial charge < -0.3 is 15.1 Å². The topological polar surface area (TPSA) is 92.9 Å². The van der Waals surface area contributed by atoms with Crippen LogP contribution in [0, 0.1) is 12.8 Å². The van der Waals surface area contributed by atoms with Gasteiger partial charge in [0.15, 0.2) is 11.7 Å². The standard InChI is InChI=1S/C22H27N5O2/c1-13(2)25-17-7-4-15(5-8-17)22(28)27-21-10-19-16(11-24-21)6-9-18(26-19)20-12-23-14(3)29-20/h6,9-13,15,17,25H,4-5,7-8H2,1-3H3,(H,24,27,28)/t15-,17-/i1D3,2D3. The van der Waals surface area contributed by atoms with E-state index in [0.717, 1.165) is 5.39 Å². The summed E-state index contributed by atoms with van der Waals surface area (Å²) in [6.45, 7) is -3.52. The van der Waals surface area contributed by atoms with Gasteiger partial charge in [-0.25, -0.2) is 15.0 Å². The van der Waals surface area contributed by atoms with Crippen LogP contribution in [0.15, 0.2) is 35.0 Å². The Kier molecular flexibility index (Phi) is 3.84. The molecule has 1 saturated carbocycles. The highest BCUT2D eigenvalue weighted by molar-refractivity contribution is 5.93. The molecule has 152 valence electrons. The monoisotopic (exact) mass is 399 g/mol. The smallest absolute Gasteiger partial charge is 0.228 e. The van der Waals surface area contributed by atoms with E-state index in [-0.39, 0.29) is 17.9 Å². The second kappa shape index (κ2) is 8.29. The number of rotatable bonds is 5. The molecule has 0 saturated heterocycles. The van der Waals surface area contributed by atoms with Gasteiger partial charge in [-0.15, -0.1) is 0 Å². The van der Waals surface area contributed by atoms with Crippen LogP contribution in [0.3, 0.4) is 0 Å². The summed E-state index contributed by atoms with van der Waals surface area (Å²) in [5.41, 5.74) is 1.27. The number of nitrogens with zero attached hydrogens (tertiary/aromatic N) is 3. The normalized spacial score (nSPS) is 23.5. The van der Waals surface area contributed by atoms with Crippen molar-refractivity contribution in [1.82, 2.24) is 20.3 Å². The summed E-state index contributed by atoms with van der Waals surface area (Å²) < 4.78 is 50.8. The first-order valence-corrected chi connectivity index (χ1v) is 9.66. The number of pyridine rings is 2. The van der Waals surface area contributed by atoms with Crippen LogP contribution in [0.25, 0.3) is 22.4 Å². The highest BCUT2D eigenvalue weighted by Crippen LogP contribution is 2.27. The van der Waals surface area contributed by atoms with Crippen LogP contribution in [0.2, 0.25) is 0 Å². The number of fused-ring (bicyclic) bond motifs is 1. The largest absolute Gasteiger partial charge is 0.439 e. The van der Waals surface area contributed by atoms with Crippen molar-refractivity contribution in [2.75, 3.05) is 5.32 Å². The molecule has 1 aliphatic carbocycles. The molecule has 0 aromatic carbocycles. The molecule has 0 bridgehead atoms. The van der Waals surface area contributed by atoms with E-state index >= 15 is 0 Å². The fourth-order valence-corrected chi connectivity index (χ4v) is 3.69. The maximum atomic E-state index is 12.8. The number of carbonyl (C=O) groups excluding carboxylic acids is 1. The summed E-state index contributed by atoms with van der Waals surface area (Å²) >= 11 is 0. The fourth-order valence-electron chi connectivity index (χ4n) is 3.69. The van der Waals surface area contributed by atoms with Crippen LogP contribution in [0.5, 0.6) is 0 Å². The lowest BCUT2D eigenvalue weighted by Gasteiger charge is -2.29. The minimum absolute atomic E-state index is 0.180. The van der Waals surface area contributed by atoms with E-state index in [1.54, 1.807) is 25.4 Å². The van der Waals surface area contributed by atoms with E-state index in [1.165, 1.54) is 0 Å². The van der Waals surface area contributed by atoms with Gasteiger partial charge >= 0.3 is 0 Å². The number of carbonyl (C=O) groups is 1. The lowest BCUT2D eigenvalue weighted by molar-refractivity contribution is -0.120. The first kappa shape index (κ1) is 13.4. The lowest BCUT2D eigenvalue weighted by Crippen LogP contribution is -2.39. The Balaban J connectivity index is 1.38. The second-order valence-corrected chi connectivity index (χ2v) is 7.34. The first-order valence-electron chi connectivity index (χ1n) is 12.7. The van der Waals surface area contributed by atoms with Crippen LogP contribution in [0.4, 0.5) is 5.82 Å². The number of aryl methyl sites for hydroxylation is 1. The molecule has 4 rings (SSSR count). The van der Waals surface area contributed by atoms with Gasteiger partial charge in [0.2, 0.25) is 5.91 Å². The summed E-state index contributed by atoms with van der Waals surface area (Å²) in [7, 11) is 0. The van der Waals surface area contributed by atoms with E-state index < -0.39 is 19.7 Å². The molecule has 1 fully saturated rings. The molecular weight excluding hydrogens is 366 g/mol. The average molecular weight is 400 g/mol. The number of oxazole rings is 1. The maximum Gasteiger partial charge on any atom is 0.228 e. The molecule has 0 unspecified atom stereocenters. The first-order chi connectivity index (χ1) is 16.4. The van der Waals surface area contributed by atoms with Gasteiger partial charge in [-0.1, -0.05) is 13.7 Å². The molecule has 0 radical (unpaired) electrons. The highest BCUT2D eigenvalue weighted by atomic mass is 16.4. The van der Waals surface area contributed by atoms with Crippen LogP contribution in [0.1, 0.15) is 53.5 Å². The van der Waals surface area contributed by atoms with E-state index in [1.807, 2.05) is 12.1 Å². The Hall–Kier alpha value is -2.80. The maximum absolute atomic E-state index is 12.8. The summed E-state index contributed by atoms with van der Waals surface area (Å²) in [6, 6.07) is 3.52. The third-order valence-electron chi connectivity index (χ3n) is 5.20. The predicted octanol–water partition coefficient (Wildman–Crippen LogP) is 4.09. The van der Waals surface area contributed by atoms with E-state index in [9.17, 15) is 4.79 Å². The van der Waals surface area contributed by atoms with Crippen molar-refractivity contribution < 1.29 is 17.4 Å². The van der Waals surface area contributed by atoms with Crippen molar-refractivity contribution in [3.8, 4) is 11.5 Å². The van der Waals surface area contributed by atoms with Crippen molar-refractivity contribution in [2.24, 2.45) is 5.92 Å². The van der Waals surface area contributed by atoms with Crippen molar-refractivity contribution >= 4 is 22.6 Å². The van der Waals surface area contributed by atoms with Crippen LogP contribution in [-0.4, -0.2) is 32.9 Å². The summed E-state index contributed by atoms with van der Waals surface area (Å²) in [4.78, 5) is 25.8. The van der Waals surface area contributed by atoms with E-state index in [0.29, 0.717) is 54.4 Å². The van der Waals surface area contributed by atoms with Crippen LogP contribution >= 0.6 is 0 Å². The third-order valence-corrected chi connectivity index (χ3v) is 5.20. The SMILES string of the molecule is [2H]C([2H])([2H])C(N[C@H]1CC[C@H](C(=O)Nc2cc3nc(-c4cnc(C)o4)ccc3cn2)CC1)C([2H])([2H])[2H]. The van der Waals surface area contributed by atoms with Crippen molar-refractivity contribution in [3.63, 3.8) is 0 Å². The number of hydrogen-bond donors (Lipinski definition) is 2. The molecule has 3 aromatic rings. The molecule has 3 heterocycles. The second-order valence-electron chi connectivity index (χ2n) is 7.34. The van der Waals surface area contributed by atoms with E-state index in [4.69, 9.17) is 12.6 Å². The zero-order chi connectivity index (χ0) is 25.4. The quantitative estimate of drug-likeness (QED) is 0.671. The van der Waals surface area contributed by atoms with Gasteiger partial charge in [-0.2, -0.15) is 0 Å². The summed E-state index contributed by atoms with van der Waals surface area (Å²) in [5.74, 6) is 1.02. The summed E-state index contributed by atoms with van der Waals surface area (Å²) in [5, 5.41) is 6.45. The van der Waals surface area contributed by atoms with Crippen LogP contribution < -0.4 is 10.6 Å². The fraction of sp³-hybridized carbons (Fsp3) is 0.455. The minimum atomic E-state index is -2.64. The Morgan fingerprint density at radius 2 is 2.03 bits per heavy atom. The highest BCUT2D eigenvalue weighted by Gasteiger charge is 2.26. The van der Waals surface area contributed by atoms with Gasteiger partial charge in [0, 0.05) is 50.8 Å². The Morgan fingerprint density at radius 3 is 2.76 bits per heavy atom. The number of anilines is 1. The molecule has 7 heteroatoms. The van der Waals surface area contributed by atoms with Gasteiger partial charge in [0.1, 0.15) is 11.5 Å². The van der Waals surface area contributed by atoms with Crippen molar-refractivity contribution in [2.45, 2.75) is 58.4 Å². The number of amides is 1. The van der Waals surface area contributed by atoms with Gasteiger partial charge in [-0.3, -0.25) is 4.79 Å². The molecule has 1 aliphatic rings. The van der Waals surface area contributed by atoms with Gasteiger partial charge in [0.05, 0.1) is 11.7 Å². The minimum Gasteiger partial charge on any atom is -0.439 e. The Bertz CT molecular complexity index is 1190. The molecule has 29 heavy (non-hydrogen) atoms. The molecule has 3 aromatic heterocycles. The molecule has 0 atom stereocenters. The number of nitrogens with one attached hydrogen (secondary N) is 2. The number of hydrogen-bond acceptors (Lipinski definition) is 6. The van der Waals surface area contributed by atoms with Crippen molar-refractivity contribution in [1.29, 1.82) is 0 Å². The molecular formula is C22H27N5O2. The van der Waals surface area contributed by atoms with Gasteiger partial charge in [-0.05, 0) is 37.8 Å². The zero-order valence-electron chi connectivity index (χ0n) is 22.1. The molecule has 7 nitrogen and oxygen atoms in total.